The SMILES string of the molecule is CCSc1cc(Cl)ccc1C(=O)O. The van der Waals surface area contributed by atoms with Gasteiger partial charge in [0, 0.05) is 9.92 Å². The van der Waals surface area contributed by atoms with Crippen molar-refractivity contribution < 1.29 is 9.90 Å². The number of aromatic carboxylic acids is 1. The molecule has 0 atom stereocenters. The lowest BCUT2D eigenvalue weighted by atomic mass is 10.2. The Morgan fingerprint density at radius 3 is 2.85 bits per heavy atom. The topological polar surface area (TPSA) is 37.3 Å². The highest BCUT2D eigenvalue weighted by molar-refractivity contribution is 7.99. The predicted octanol–water partition coefficient (Wildman–Crippen LogP) is 3.15. The molecule has 4 heteroatoms. The zero-order chi connectivity index (χ0) is 9.84. The van der Waals surface area contributed by atoms with E-state index in [2.05, 4.69) is 0 Å². The van der Waals surface area contributed by atoms with E-state index in [0.717, 1.165) is 10.6 Å². The number of thioether (sulfide) groups is 1. The number of carboxylic acids is 1. The molecule has 0 radical (unpaired) electrons. The van der Waals surface area contributed by atoms with Gasteiger partial charge in [0.25, 0.3) is 0 Å². The monoisotopic (exact) mass is 216 g/mol. The third-order valence-corrected chi connectivity index (χ3v) is 2.65. The summed E-state index contributed by atoms with van der Waals surface area (Å²) in [5, 5.41) is 9.40. The molecule has 0 spiro atoms. The van der Waals surface area contributed by atoms with Crippen molar-refractivity contribution in [3.05, 3.63) is 28.8 Å². The number of halogens is 1. The fourth-order valence-electron chi connectivity index (χ4n) is 0.948. The quantitative estimate of drug-likeness (QED) is 0.789. The molecule has 1 N–H and O–H groups in total. The molecule has 1 aromatic rings. The summed E-state index contributed by atoms with van der Waals surface area (Å²) in [6.07, 6.45) is 0. The van der Waals surface area contributed by atoms with Gasteiger partial charge >= 0.3 is 5.97 Å². The summed E-state index contributed by atoms with van der Waals surface area (Å²) in [4.78, 5) is 11.5. The van der Waals surface area contributed by atoms with Gasteiger partial charge < -0.3 is 5.11 Å². The molecule has 0 aliphatic rings. The van der Waals surface area contributed by atoms with E-state index in [-0.39, 0.29) is 0 Å². The van der Waals surface area contributed by atoms with E-state index in [0.29, 0.717) is 10.6 Å². The molecule has 1 rings (SSSR count). The molecule has 0 unspecified atom stereocenters. The highest BCUT2D eigenvalue weighted by Crippen LogP contribution is 2.25. The molecule has 0 aliphatic carbocycles. The van der Waals surface area contributed by atoms with E-state index in [1.165, 1.54) is 17.8 Å². The van der Waals surface area contributed by atoms with Crippen molar-refractivity contribution in [3.8, 4) is 0 Å². The van der Waals surface area contributed by atoms with E-state index in [4.69, 9.17) is 16.7 Å². The Balaban J connectivity index is 3.10. The highest BCUT2D eigenvalue weighted by atomic mass is 35.5. The Morgan fingerprint density at radius 2 is 2.31 bits per heavy atom. The number of carboxylic acid groups (broad SMARTS) is 1. The second-order valence-electron chi connectivity index (χ2n) is 2.38. The maximum atomic E-state index is 10.8. The summed E-state index contributed by atoms with van der Waals surface area (Å²) >= 11 is 7.23. The third kappa shape index (κ3) is 2.64. The van der Waals surface area contributed by atoms with Crippen LogP contribution < -0.4 is 0 Å². The van der Waals surface area contributed by atoms with Crippen LogP contribution in [0.5, 0.6) is 0 Å². The molecule has 0 saturated heterocycles. The van der Waals surface area contributed by atoms with Crippen molar-refractivity contribution in [2.45, 2.75) is 11.8 Å². The van der Waals surface area contributed by atoms with Crippen LogP contribution in [0.15, 0.2) is 23.1 Å². The van der Waals surface area contributed by atoms with Gasteiger partial charge in [-0.05, 0) is 24.0 Å². The molecule has 2 nitrogen and oxygen atoms in total. The maximum absolute atomic E-state index is 10.8. The molecule has 0 saturated carbocycles. The second-order valence-corrected chi connectivity index (χ2v) is 4.12. The zero-order valence-electron chi connectivity index (χ0n) is 7.08. The molecular formula is C9H9ClO2S. The smallest absolute Gasteiger partial charge is 0.336 e. The minimum atomic E-state index is -0.910. The Hall–Kier alpha value is -0.670. The number of hydrogen-bond acceptors (Lipinski definition) is 2. The summed E-state index contributed by atoms with van der Waals surface area (Å²) in [7, 11) is 0. The summed E-state index contributed by atoms with van der Waals surface area (Å²) in [6, 6.07) is 4.80. The maximum Gasteiger partial charge on any atom is 0.336 e. The Kier molecular flexibility index (Phi) is 3.63. The predicted molar refractivity (Wildman–Crippen MR) is 54.8 cm³/mol. The lowest BCUT2D eigenvalue weighted by Crippen LogP contribution is -1.98. The van der Waals surface area contributed by atoms with Crippen LogP contribution in [0.3, 0.4) is 0 Å². The number of rotatable bonds is 3. The Labute approximate surface area is 85.9 Å². The van der Waals surface area contributed by atoms with E-state index >= 15 is 0 Å². The van der Waals surface area contributed by atoms with Crippen molar-refractivity contribution in [3.63, 3.8) is 0 Å². The van der Waals surface area contributed by atoms with E-state index in [1.54, 1.807) is 12.1 Å². The van der Waals surface area contributed by atoms with Crippen molar-refractivity contribution in [1.29, 1.82) is 0 Å². The molecule has 0 amide bonds. The van der Waals surface area contributed by atoms with Crippen molar-refractivity contribution in [2.24, 2.45) is 0 Å². The number of carbonyl (C=O) groups is 1. The van der Waals surface area contributed by atoms with Crippen LogP contribution in [-0.2, 0) is 0 Å². The van der Waals surface area contributed by atoms with Crippen LogP contribution in [0.1, 0.15) is 17.3 Å². The Bertz CT molecular complexity index is 325. The fourth-order valence-corrected chi connectivity index (χ4v) is 2.02. The molecule has 0 aromatic heterocycles. The van der Waals surface area contributed by atoms with Gasteiger partial charge in [-0.25, -0.2) is 4.79 Å². The summed E-state index contributed by atoms with van der Waals surface area (Å²) < 4.78 is 0. The number of benzene rings is 1. The average Bonchev–Trinajstić information content (AvgIpc) is 2.04. The van der Waals surface area contributed by atoms with Gasteiger partial charge in [-0.15, -0.1) is 11.8 Å². The van der Waals surface area contributed by atoms with Crippen molar-refractivity contribution in [1.82, 2.24) is 0 Å². The van der Waals surface area contributed by atoms with Crippen LogP contribution in [0, 0.1) is 0 Å². The van der Waals surface area contributed by atoms with Crippen molar-refractivity contribution in [2.75, 3.05) is 5.75 Å². The molecule has 13 heavy (non-hydrogen) atoms. The van der Waals surface area contributed by atoms with E-state index < -0.39 is 5.97 Å². The third-order valence-electron chi connectivity index (χ3n) is 1.47. The summed E-state index contributed by atoms with van der Waals surface area (Å²) in [5.41, 5.74) is 0.316. The first-order valence-electron chi connectivity index (χ1n) is 3.80. The molecular weight excluding hydrogens is 208 g/mol. The van der Waals surface area contributed by atoms with Gasteiger partial charge in [-0.1, -0.05) is 18.5 Å². The summed E-state index contributed by atoms with van der Waals surface area (Å²) in [5.74, 6) is -0.0757. The molecule has 0 bridgehead atoms. The fraction of sp³-hybridized carbons (Fsp3) is 0.222. The van der Waals surface area contributed by atoms with Crippen LogP contribution in [0.25, 0.3) is 0 Å². The summed E-state index contributed by atoms with van der Waals surface area (Å²) in [6.45, 7) is 1.97. The van der Waals surface area contributed by atoms with Gasteiger partial charge in [-0.3, -0.25) is 0 Å². The zero-order valence-corrected chi connectivity index (χ0v) is 8.65. The van der Waals surface area contributed by atoms with Gasteiger partial charge in [0.1, 0.15) is 0 Å². The van der Waals surface area contributed by atoms with Gasteiger partial charge in [0.05, 0.1) is 5.56 Å². The Morgan fingerprint density at radius 1 is 1.62 bits per heavy atom. The van der Waals surface area contributed by atoms with Crippen molar-refractivity contribution >= 4 is 29.3 Å². The first-order valence-corrected chi connectivity index (χ1v) is 5.17. The lowest BCUT2D eigenvalue weighted by Gasteiger charge is -2.03. The minimum Gasteiger partial charge on any atom is -0.478 e. The molecule has 0 heterocycles. The average molecular weight is 217 g/mol. The number of hydrogen-bond donors (Lipinski definition) is 1. The van der Waals surface area contributed by atoms with Crippen LogP contribution in [0.4, 0.5) is 0 Å². The normalized spacial score (nSPS) is 10.0. The first-order chi connectivity index (χ1) is 6.15. The van der Waals surface area contributed by atoms with Gasteiger partial charge in [0.2, 0.25) is 0 Å². The van der Waals surface area contributed by atoms with Gasteiger partial charge in [-0.2, -0.15) is 0 Å². The minimum absolute atomic E-state index is 0.316. The van der Waals surface area contributed by atoms with Crippen LogP contribution >= 0.6 is 23.4 Å². The second kappa shape index (κ2) is 4.53. The highest BCUT2D eigenvalue weighted by Gasteiger charge is 2.09. The molecule has 70 valence electrons. The van der Waals surface area contributed by atoms with E-state index in [9.17, 15) is 4.79 Å². The molecule has 0 fully saturated rings. The molecule has 0 aliphatic heterocycles. The molecule has 1 aromatic carbocycles. The van der Waals surface area contributed by atoms with Crippen LogP contribution in [0.2, 0.25) is 5.02 Å². The van der Waals surface area contributed by atoms with Crippen LogP contribution in [-0.4, -0.2) is 16.8 Å². The largest absolute Gasteiger partial charge is 0.478 e. The standard InChI is InChI=1S/C9H9ClO2S/c1-2-13-8-5-6(10)3-4-7(8)9(11)12/h3-5H,2H2,1H3,(H,11,12). The first kappa shape index (κ1) is 10.4. The lowest BCUT2D eigenvalue weighted by molar-refractivity contribution is 0.0693. The van der Waals surface area contributed by atoms with Gasteiger partial charge in [0.15, 0.2) is 0 Å². The van der Waals surface area contributed by atoms with E-state index in [1.807, 2.05) is 6.92 Å².